The van der Waals surface area contributed by atoms with Crippen molar-refractivity contribution < 1.29 is 28.2 Å². The third-order valence-corrected chi connectivity index (χ3v) is 5.49. The van der Waals surface area contributed by atoms with Crippen molar-refractivity contribution in [3.63, 3.8) is 0 Å². The first-order valence-corrected chi connectivity index (χ1v) is 10.8. The van der Waals surface area contributed by atoms with Crippen LogP contribution < -0.4 is 14.8 Å². The zero-order chi connectivity index (χ0) is 23.7. The quantitative estimate of drug-likeness (QED) is 0.428. The van der Waals surface area contributed by atoms with Crippen LogP contribution in [-0.2, 0) is 16.1 Å². The van der Waals surface area contributed by atoms with Crippen LogP contribution in [0, 0.1) is 6.92 Å². The third kappa shape index (κ3) is 4.30. The van der Waals surface area contributed by atoms with E-state index in [1.165, 1.54) is 6.92 Å². The predicted octanol–water partition coefficient (Wildman–Crippen LogP) is 4.39. The number of hydrogen-bond acceptors (Lipinski definition) is 7. The smallest absolute Gasteiger partial charge is 0.339 e. The summed E-state index contributed by atoms with van der Waals surface area (Å²) in [5, 5.41) is 3.42. The van der Waals surface area contributed by atoms with Crippen LogP contribution in [0.4, 0.5) is 0 Å². The average molecular weight is 458 g/mol. The maximum absolute atomic E-state index is 13.1. The summed E-state index contributed by atoms with van der Waals surface area (Å²) in [5.41, 5.74) is 2.29. The van der Waals surface area contributed by atoms with Gasteiger partial charge in [-0.15, -0.1) is 0 Å². The number of amides is 1. The van der Waals surface area contributed by atoms with E-state index < -0.39 is 18.0 Å². The summed E-state index contributed by atoms with van der Waals surface area (Å²) in [6.07, 6.45) is -0.997. The van der Waals surface area contributed by atoms with Crippen molar-refractivity contribution in [2.24, 2.45) is 0 Å². The minimum absolute atomic E-state index is 0.184. The number of furan rings is 1. The summed E-state index contributed by atoms with van der Waals surface area (Å²) >= 11 is 0. The molecule has 4 aromatic rings. The fraction of sp³-hybridized carbons (Fsp3) is 0.192. The van der Waals surface area contributed by atoms with Gasteiger partial charge in [-0.05, 0) is 55.8 Å². The number of aromatic nitrogens is 1. The number of aryl methyl sites for hydroxylation is 1. The molecule has 0 bridgehead atoms. The van der Waals surface area contributed by atoms with Gasteiger partial charge in [-0.1, -0.05) is 24.3 Å². The number of ether oxygens (including phenoxy) is 3. The molecule has 0 fully saturated rings. The second-order valence-corrected chi connectivity index (χ2v) is 7.94. The fourth-order valence-corrected chi connectivity index (χ4v) is 3.70. The molecule has 0 saturated heterocycles. The van der Waals surface area contributed by atoms with Crippen molar-refractivity contribution in [1.82, 2.24) is 10.3 Å². The van der Waals surface area contributed by atoms with E-state index in [2.05, 4.69) is 10.3 Å². The number of carbonyl (C=O) groups excluding carboxylic acids is 2. The van der Waals surface area contributed by atoms with Gasteiger partial charge in [0.15, 0.2) is 23.4 Å². The van der Waals surface area contributed by atoms with Gasteiger partial charge in [0.1, 0.15) is 11.5 Å². The van der Waals surface area contributed by atoms with Gasteiger partial charge in [0.05, 0.1) is 11.1 Å². The lowest BCUT2D eigenvalue weighted by molar-refractivity contribution is -0.129. The first kappa shape index (κ1) is 21.5. The second kappa shape index (κ2) is 8.90. The van der Waals surface area contributed by atoms with E-state index in [0.29, 0.717) is 39.4 Å². The number of fused-ring (bicyclic) bond motifs is 2. The lowest BCUT2D eigenvalue weighted by atomic mass is 10.1. The number of nitrogens with one attached hydrogen (secondary N) is 1. The summed E-state index contributed by atoms with van der Waals surface area (Å²) < 4.78 is 21.8. The first-order chi connectivity index (χ1) is 16.5. The first-order valence-electron chi connectivity index (χ1n) is 10.8. The summed E-state index contributed by atoms with van der Waals surface area (Å²) in [7, 11) is 0. The maximum atomic E-state index is 13.1. The van der Waals surface area contributed by atoms with Gasteiger partial charge in [-0.3, -0.25) is 4.79 Å². The monoisotopic (exact) mass is 458 g/mol. The lowest BCUT2D eigenvalue weighted by Crippen LogP contribution is -2.35. The van der Waals surface area contributed by atoms with Crippen LogP contribution in [0.2, 0.25) is 0 Å². The minimum Gasteiger partial charge on any atom is -0.460 e. The number of esters is 1. The van der Waals surface area contributed by atoms with Crippen molar-refractivity contribution in [3.05, 3.63) is 77.6 Å². The van der Waals surface area contributed by atoms with Crippen molar-refractivity contribution in [2.75, 3.05) is 6.79 Å². The molecule has 1 N–H and O–H groups in total. The Morgan fingerprint density at radius 2 is 1.88 bits per heavy atom. The van der Waals surface area contributed by atoms with Crippen LogP contribution in [0.15, 0.2) is 65.1 Å². The summed E-state index contributed by atoms with van der Waals surface area (Å²) in [6.45, 7) is 3.82. The Labute approximate surface area is 195 Å². The molecule has 1 aliphatic rings. The molecule has 2 aromatic heterocycles. The highest BCUT2D eigenvalue weighted by molar-refractivity contribution is 6.05. The molecule has 0 radical (unpaired) electrons. The summed E-state index contributed by atoms with van der Waals surface area (Å²) in [5.74, 6) is 1.57. The molecule has 1 aliphatic heterocycles. The molecule has 1 atom stereocenters. The van der Waals surface area contributed by atoms with Crippen LogP contribution >= 0.6 is 0 Å². The lowest BCUT2D eigenvalue weighted by Gasteiger charge is -2.15. The number of nitrogens with zero attached hydrogens (tertiary/aromatic N) is 1. The molecule has 34 heavy (non-hydrogen) atoms. The highest BCUT2D eigenvalue weighted by Gasteiger charge is 2.22. The van der Waals surface area contributed by atoms with E-state index in [1.807, 2.05) is 37.3 Å². The predicted molar refractivity (Wildman–Crippen MR) is 123 cm³/mol. The standard InChI is InChI=1S/C26H22N2O6/c1-15-7-9-22(33-15)21-12-19(18-5-3-4-6-20(18)28-21)26(30)34-16(2)25(29)27-13-17-8-10-23-24(11-17)32-14-31-23/h3-12,16H,13-14H2,1-2H3,(H,27,29). The molecular formula is C26H22N2O6. The number of hydrogen-bond donors (Lipinski definition) is 1. The summed E-state index contributed by atoms with van der Waals surface area (Å²) in [6, 6.07) is 18.0. The van der Waals surface area contributed by atoms with E-state index in [0.717, 1.165) is 11.3 Å². The number of benzene rings is 2. The van der Waals surface area contributed by atoms with Crippen LogP contribution in [0.1, 0.15) is 28.6 Å². The van der Waals surface area contributed by atoms with E-state index in [1.54, 1.807) is 30.3 Å². The highest BCUT2D eigenvalue weighted by atomic mass is 16.7. The SMILES string of the molecule is Cc1ccc(-c2cc(C(=O)OC(C)C(=O)NCc3ccc4c(c3)OCO4)c3ccccc3n2)o1. The van der Waals surface area contributed by atoms with Gasteiger partial charge in [0.25, 0.3) is 5.91 Å². The Morgan fingerprint density at radius 3 is 2.71 bits per heavy atom. The van der Waals surface area contributed by atoms with E-state index in [4.69, 9.17) is 18.6 Å². The molecule has 8 heteroatoms. The van der Waals surface area contributed by atoms with Crippen LogP contribution in [0.3, 0.4) is 0 Å². The third-order valence-electron chi connectivity index (χ3n) is 5.49. The number of para-hydroxylation sites is 1. The largest absolute Gasteiger partial charge is 0.460 e. The Bertz CT molecular complexity index is 1390. The zero-order valence-corrected chi connectivity index (χ0v) is 18.7. The second-order valence-electron chi connectivity index (χ2n) is 7.94. The molecule has 8 nitrogen and oxygen atoms in total. The zero-order valence-electron chi connectivity index (χ0n) is 18.7. The normalized spacial score (nSPS) is 13.0. The topological polar surface area (TPSA) is 99.9 Å². The molecule has 0 aliphatic carbocycles. The molecule has 5 rings (SSSR count). The molecule has 0 saturated carbocycles. The van der Waals surface area contributed by atoms with Gasteiger partial charge in [-0.2, -0.15) is 0 Å². The van der Waals surface area contributed by atoms with Gasteiger partial charge in [-0.25, -0.2) is 9.78 Å². The van der Waals surface area contributed by atoms with Crippen molar-refractivity contribution in [2.45, 2.75) is 26.5 Å². The Hall–Kier alpha value is -4.33. The molecule has 0 spiro atoms. The van der Waals surface area contributed by atoms with Crippen LogP contribution in [0.5, 0.6) is 11.5 Å². The van der Waals surface area contributed by atoms with Gasteiger partial charge in [0.2, 0.25) is 6.79 Å². The summed E-state index contributed by atoms with van der Waals surface area (Å²) in [4.78, 5) is 30.3. The van der Waals surface area contributed by atoms with Gasteiger partial charge >= 0.3 is 5.97 Å². The minimum atomic E-state index is -0.997. The molecule has 2 aromatic carbocycles. The van der Waals surface area contributed by atoms with Crippen molar-refractivity contribution in [1.29, 1.82) is 0 Å². The van der Waals surface area contributed by atoms with Crippen LogP contribution in [-0.4, -0.2) is 29.8 Å². The fourth-order valence-electron chi connectivity index (χ4n) is 3.70. The van der Waals surface area contributed by atoms with Crippen molar-refractivity contribution in [3.8, 4) is 23.0 Å². The van der Waals surface area contributed by atoms with Crippen molar-refractivity contribution >= 4 is 22.8 Å². The van der Waals surface area contributed by atoms with E-state index >= 15 is 0 Å². The molecular weight excluding hydrogens is 436 g/mol. The van der Waals surface area contributed by atoms with E-state index in [9.17, 15) is 9.59 Å². The Kier molecular flexibility index (Phi) is 5.63. The number of carbonyl (C=O) groups is 2. The Morgan fingerprint density at radius 1 is 1.06 bits per heavy atom. The van der Waals surface area contributed by atoms with Gasteiger partial charge in [0, 0.05) is 11.9 Å². The van der Waals surface area contributed by atoms with Gasteiger partial charge < -0.3 is 23.9 Å². The maximum Gasteiger partial charge on any atom is 0.339 e. The molecule has 172 valence electrons. The van der Waals surface area contributed by atoms with Crippen LogP contribution in [0.25, 0.3) is 22.4 Å². The average Bonchev–Trinajstić information content (AvgIpc) is 3.50. The highest BCUT2D eigenvalue weighted by Crippen LogP contribution is 2.32. The van der Waals surface area contributed by atoms with E-state index in [-0.39, 0.29) is 13.3 Å². The number of pyridine rings is 1. The number of rotatable bonds is 6. The Balaban J connectivity index is 1.31. The molecule has 3 heterocycles. The molecule has 1 amide bonds. The molecule has 1 unspecified atom stereocenters.